The van der Waals surface area contributed by atoms with E-state index in [-0.39, 0.29) is 34.5 Å². The van der Waals surface area contributed by atoms with Crippen LogP contribution in [0.25, 0.3) is 22.3 Å². The van der Waals surface area contributed by atoms with Crippen LogP contribution in [0, 0.1) is 11.8 Å². The molecule has 3 aromatic carbocycles. The molecule has 0 radical (unpaired) electrons. The van der Waals surface area contributed by atoms with Gasteiger partial charge in [0.25, 0.3) is 11.8 Å². The third kappa shape index (κ3) is 37.8. The number of nitrogens with zero attached hydrogens (tertiary/aromatic N) is 2. The molecule has 654 valence electrons. The number of fused-ring (bicyclic) bond motifs is 4. The molecule has 4 aliphatic rings. The Balaban J connectivity index is 0.945. The number of hydrogen-bond donors (Lipinski definition) is 0. The number of esters is 2. The summed E-state index contributed by atoms with van der Waals surface area (Å²) in [6, 6.07) is 15.2. The molecule has 0 N–H and O–H groups in total. The fraction of sp³-hybridized carbons (Fsp3) is 0.755. The van der Waals surface area contributed by atoms with Gasteiger partial charge in [-0.1, -0.05) is 508 Å². The predicted octanol–water partition coefficient (Wildman–Crippen LogP) is 35.0. The third-order valence-corrected chi connectivity index (χ3v) is 27.7. The fourth-order valence-electron chi connectivity index (χ4n) is 19.5. The van der Waals surface area contributed by atoms with Crippen molar-refractivity contribution in [2.45, 2.75) is 490 Å². The molecule has 2 amide bonds. The highest BCUT2D eigenvalue weighted by Crippen LogP contribution is 2.53. The number of hydrogen-bond acceptors (Lipinski definition) is 6. The largest absolute Gasteiger partial charge is 0.422 e. The smallest absolute Gasteiger partial charge is 0.345 e. The van der Waals surface area contributed by atoms with Gasteiger partial charge in [-0.25, -0.2) is 9.59 Å². The maximum atomic E-state index is 15.2. The van der Waals surface area contributed by atoms with E-state index in [2.05, 4.69) is 59.6 Å². The van der Waals surface area contributed by atoms with Crippen molar-refractivity contribution < 1.29 is 28.7 Å². The summed E-state index contributed by atoms with van der Waals surface area (Å²) in [6.45, 7) is 10.3. The van der Waals surface area contributed by atoms with E-state index in [1.165, 1.54) is 437 Å². The molecule has 0 saturated heterocycles. The minimum absolute atomic E-state index is 0.183. The zero-order chi connectivity index (χ0) is 82.1. The van der Waals surface area contributed by atoms with Crippen LogP contribution in [0.5, 0.6) is 11.5 Å². The number of unbranched alkanes of at least 4 members (excludes halogenated alkanes) is 60. The van der Waals surface area contributed by atoms with Crippen molar-refractivity contribution >= 4 is 89.3 Å². The Morgan fingerprint density at radius 1 is 0.241 bits per heavy atom. The zero-order valence-corrected chi connectivity index (χ0v) is 78.4. The first kappa shape index (κ1) is 99.1. The summed E-state index contributed by atoms with van der Waals surface area (Å²) >= 11 is 7.48. The lowest BCUT2D eigenvalue weighted by molar-refractivity contribution is -0.127. The SMILES string of the molecule is CCCCCCCCCCCCCCCCCCC(CCCCCCCCCCCCCCCCCC)CCCN1C(=O)/C(=C2\C(=O)Oc3cc4c(cc32)OC(=O)/C4=C2/C(=O)N(CCCC(CCCCCCCCCCCCCCCCCC)CCCCCCCCCCCCCCCCCC)c3cc(Br)ccc32)c2ccc(Br)cc21. The van der Waals surface area contributed by atoms with E-state index in [1.807, 2.05) is 46.2 Å². The number of halogens is 2. The Hall–Kier alpha value is -4.02. The van der Waals surface area contributed by atoms with Crippen LogP contribution in [0.15, 0.2) is 57.5 Å². The molecular weight excluding hydrogens is 1560 g/mol. The van der Waals surface area contributed by atoms with Crippen molar-refractivity contribution in [2.75, 3.05) is 22.9 Å². The van der Waals surface area contributed by atoms with E-state index in [0.717, 1.165) is 46.0 Å². The van der Waals surface area contributed by atoms with E-state index in [0.29, 0.717) is 58.3 Å². The summed E-state index contributed by atoms with van der Waals surface area (Å²) in [4.78, 5) is 63.3. The van der Waals surface area contributed by atoms with Crippen LogP contribution in [0.4, 0.5) is 11.4 Å². The average Bonchev–Trinajstić information content (AvgIpc) is 1.57. The summed E-state index contributed by atoms with van der Waals surface area (Å²) in [7, 11) is 0. The molecule has 0 atom stereocenters. The molecule has 0 unspecified atom stereocenters. The number of rotatable bonds is 76. The van der Waals surface area contributed by atoms with Gasteiger partial charge < -0.3 is 19.3 Å². The predicted molar refractivity (Wildman–Crippen MR) is 506 cm³/mol. The number of carbonyl (C=O) groups is 4. The van der Waals surface area contributed by atoms with Crippen LogP contribution in [0.3, 0.4) is 0 Å². The number of carbonyl (C=O) groups excluding carboxylic acids is 4. The number of amides is 2. The molecule has 116 heavy (non-hydrogen) atoms. The van der Waals surface area contributed by atoms with Crippen molar-refractivity contribution in [3.05, 3.63) is 79.7 Å². The van der Waals surface area contributed by atoms with Gasteiger partial charge in [0, 0.05) is 44.3 Å². The first-order chi connectivity index (χ1) is 57.1. The first-order valence-electron chi connectivity index (χ1n) is 50.4. The third-order valence-electron chi connectivity index (χ3n) is 26.7. The van der Waals surface area contributed by atoms with Gasteiger partial charge in [0.15, 0.2) is 0 Å². The summed E-state index contributed by atoms with van der Waals surface area (Å²) in [5, 5.41) is 0. The summed E-state index contributed by atoms with van der Waals surface area (Å²) < 4.78 is 14.1. The van der Waals surface area contributed by atoms with Gasteiger partial charge in [-0.15, -0.1) is 0 Å². The second-order valence-corrected chi connectivity index (χ2v) is 38.6. The number of anilines is 2. The molecule has 4 heterocycles. The summed E-state index contributed by atoms with van der Waals surface area (Å²) in [6.07, 6.45) is 97.0. The van der Waals surface area contributed by atoms with E-state index in [1.54, 1.807) is 12.1 Å². The molecule has 3 aromatic rings. The molecule has 7 rings (SSSR count). The summed E-state index contributed by atoms with van der Waals surface area (Å²) in [5.41, 5.74) is 4.80. The van der Waals surface area contributed by atoms with E-state index in [9.17, 15) is 9.59 Å². The molecule has 0 fully saturated rings. The molecule has 0 saturated carbocycles. The molecule has 0 aliphatic carbocycles. The molecule has 8 nitrogen and oxygen atoms in total. The molecule has 10 heteroatoms. The van der Waals surface area contributed by atoms with Crippen LogP contribution < -0.4 is 19.3 Å². The zero-order valence-electron chi connectivity index (χ0n) is 75.2. The minimum Gasteiger partial charge on any atom is -0.422 e. The van der Waals surface area contributed by atoms with Gasteiger partial charge in [0.2, 0.25) is 0 Å². The van der Waals surface area contributed by atoms with Crippen LogP contribution >= 0.6 is 31.9 Å². The van der Waals surface area contributed by atoms with E-state index in [4.69, 9.17) is 9.47 Å². The minimum atomic E-state index is -0.609. The lowest BCUT2D eigenvalue weighted by Gasteiger charge is -2.21. The first-order valence-corrected chi connectivity index (χ1v) is 52.0. The van der Waals surface area contributed by atoms with Gasteiger partial charge in [-0.2, -0.15) is 0 Å². The van der Waals surface area contributed by atoms with Crippen molar-refractivity contribution in [3.63, 3.8) is 0 Å². The van der Waals surface area contributed by atoms with Gasteiger partial charge in [-0.3, -0.25) is 9.59 Å². The molecular formula is C106H170Br2N2O6. The standard InChI is InChI=1S/C106H170Br2N2O6/c1-5-9-13-17-21-25-29-33-37-41-45-49-53-57-61-65-71-87(72-66-62-58-54-50-46-42-38-34-30-26-22-18-14-10-6-2)75-69-81-109-95-83-89(107)77-79-91(95)99(103(109)111)101-93-85-98-94(86-97(93)115-105(101)113)102(106(114)116-98)100-92-80-78-90(108)84-96(92)110(104(100)112)82-70-76-88(73-67-63-59-55-51-47-43-39-35-31-27-23-19-15-11-7-3)74-68-64-60-56-52-48-44-40-36-32-28-24-20-16-12-8-4/h77-80,83-88H,5-76,81-82H2,1-4H3/b101-99-,102-100+. The topological polar surface area (TPSA) is 93.2 Å². The van der Waals surface area contributed by atoms with Gasteiger partial charge in [0.05, 0.1) is 33.7 Å². The Morgan fingerprint density at radius 2 is 0.440 bits per heavy atom. The lowest BCUT2D eigenvalue weighted by Crippen LogP contribution is -2.28. The number of benzene rings is 3. The normalized spacial score (nSPS) is 15.1. The molecule has 0 bridgehead atoms. The van der Waals surface area contributed by atoms with Crippen molar-refractivity contribution in [2.24, 2.45) is 11.8 Å². The highest BCUT2D eigenvalue weighted by Gasteiger charge is 2.45. The Morgan fingerprint density at radius 3 is 0.655 bits per heavy atom. The summed E-state index contributed by atoms with van der Waals surface area (Å²) in [5.74, 6) is 0.101. The van der Waals surface area contributed by atoms with Crippen LogP contribution in [0.2, 0.25) is 0 Å². The van der Waals surface area contributed by atoms with Crippen LogP contribution in [-0.4, -0.2) is 36.8 Å². The molecule has 0 spiro atoms. The number of ether oxygens (including phenoxy) is 2. The molecule has 0 aromatic heterocycles. The Labute approximate surface area is 728 Å². The van der Waals surface area contributed by atoms with Crippen LogP contribution in [0.1, 0.15) is 512 Å². The van der Waals surface area contributed by atoms with Gasteiger partial charge >= 0.3 is 11.9 Å². The van der Waals surface area contributed by atoms with Crippen molar-refractivity contribution in [3.8, 4) is 11.5 Å². The molecule has 4 aliphatic heterocycles. The Bertz CT molecular complexity index is 2960. The average molecular weight is 1730 g/mol. The van der Waals surface area contributed by atoms with Crippen molar-refractivity contribution in [1.29, 1.82) is 0 Å². The highest BCUT2D eigenvalue weighted by atomic mass is 79.9. The monoisotopic (exact) mass is 1730 g/mol. The quantitative estimate of drug-likeness (QED) is 0.0242. The van der Waals surface area contributed by atoms with Gasteiger partial charge in [-0.05, 0) is 73.9 Å². The van der Waals surface area contributed by atoms with E-state index >= 15 is 9.59 Å². The second-order valence-electron chi connectivity index (χ2n) is 36.7. The fourth-order valence-corrected chi connectivity index (χ4v) is 20.2. The second kappa shape index (κ2) is 63.0. The highest BCUT2D eigenvalue weighted by molar-refractivity contribution is 9.10. The maximum absolute atomic E-state index is 15.2. The van der Waals surface area contributed by atoms with Gasteiger partial charge in [0.1, 0.15) is 11.5 Å². The van der Waals surface area contributed by atoms with Crippen molar-refractivity contribution in [1.82, 2.24) is 0 Å². The van der Waals surface area contributed by atoms with Crippen LogP contribution in [-0.2, 0) is 19.2 Å². The lowest BCUT2D eigenvalue weighted by atomic mass is 9.90. The Kier molecular flexibility index (Phi) is 53.8. The maximum Gasteiger partial charge on any atom is 0.345 e. The van der Waals surface area contributed by atoms with E-state index < -0.39 is 11.9 Å².